The summed E-state index contributed by atoms with van der Waals surface area (Å²) in [6.45, 7) is 33.4. The van der Waals surface area contributed by atoms with Crippen LogP contribution in [0.3, 0.4) is 0 Å². The zero-order valence-corrected chi connectivity index (χ0v) is 75.6. The molecule has 2 aliphatic rings. The topological polar surface area (TPSA) is 24.5 Å². The van der Waals surface area contributed by atoms with Gasteiger partial charge in [-0.2, -0.15) is 0 Å². The molecule has 20 aromatic rings. The van der Waals surface area contributed by atoms with Crippen LogP contribution in [0.1, 0.15) is 149 Å². The molecule has 0 aliphatic carbocycles. The molecule has 129 heavy (non-hydrogen) atoms. The minimum absolute atomic E-state index is 0.0789. The van der Waals surface area contributed by atoms with Crippen molar-refractivity contribution < 1.29 is 17.8 Å². The van der Waals surface area contributed by atoms with E-state index in [4.69, 9.17) is 5.48 Å². The second-order valence-corrected chi connectivity index (χ2v) is 40.1. The molecule has 0 amide bonds. The van der Waals surface area contributed by atoms with Gasteiger partial charge >= 0.3 is 0 Å². The number of hydrogen-bond donors (Lipinski definition) is 0. The molecule has 6 nitrogen and oxygen atoms in total. The third-order valence-electron chi connectivity index (χ3n) is 26.7. The molecule has 0 saturated carbocycles. The van der Waals surface area contributed by atoms with Crippen molar-refractivity contribution in [1.82, 2.24) is 13.7 Å². The molecule has 2 aliphatic heterocycles. The van der Waals surface area contributed by atoms with E-state index in [1.165, 1.54) is 26.8 Å². The minimum Gasteiger partial charge on any atom is -0.311 e. The van der Waals surface area contributed by atoms with Gasteiger partial charge in [-0.05, 0) is 268 Å². The Hall–Kier alpha value is -14.4. The van der Waals surface area contributed by atoms with Crippen LogP contribution in [0.4, 0.5) is 51.2 Å². The summed E-state index contributed by atoms with van der Waals surface area (Å²) in [6.07, 6.45) is 0. The van der Waals surface area contributed by atoms with Gasteiger partial charge in [0.05, 0.1) is 62.3 Å². The number of hydrogen-bond acceptors (Lipinski definition) is 3. The van der Waals surface area contributed by atoms with Gasteiger partial charge in [-0.3, -0.25) is 0 Å². The average Bonchev–Trinajstić information content (AvgIpc) is 0.936. The van der Waals surface area contributed by atoms with Gasteiger partial charge in [0.2, 0.25) is 0 Å². The first-order valence-corrected chi connectivity index (χ1v) is 44.8. The van der Waals surface area contributed by atoms with Crippen LogP contribution >= 0.6 is 0 Å². The molecule has 628 valence electrons. The second kappa shape index (κ2) is 30.1. The van der Waals surface area contributed by atoms with Crippen molar-refractivity contribution >= 4 is 140 Å². The van der Waals surface area contributed by atoms with E-state index in [-0.39, 0.29) is 54.8 Å². The fourth-order valence-electron chi connectivity index (χ4n) is 19.9. The predicted molar refractivity (Wildman–Crippen MR) is 553 cm³/mol. The SMILES string of the molecule is [2H]c1c([2H])c([2H])c(N(c2ccc(-n3c4c([2H])c([2H])c([2H])c([2H])c4c4c([2H])c([2H])c([2H])c([2H])c43)cc2)c2ccc3c(c2)N(c2c(-c4ccccc4)cc(C(C)(C)C)cc2-c2ccccc2)c2cc(-n4c5ccc(C(C)(C)C)cc5c5cc(C(C)(C)C)ccc54)cc4c2B3c2ccc(-n3c5ccc(C(C)(C)C)cc5c5cc(C(C)(C)C)ccc53)cc2N4c2cc(-c3ccccc3)cc(-c3ccccc3)c2)c([2H])c1[2H]. The molecular formula is C122H107BN6. The monoisotopic (exact) mass is 1680 g/mol. The van der Waals surface area contributed by atoms with Crippen molar-refractivity contribution in [3.63, 3.8) is 0 Å². The van der Waals surface area contributed by atoms with Crippen LogP contribution in [0.25, 0.3) is 127 Å². The first-order chi connectivity index (χ1) is 67.5. The molecule has 0 atom stereocenters. The Morgan fingerprint density at radius 1 is 0.240 bits per heavy atom. The maximum absolute atomic E-state index is 10.3. The van der Waals surface area contributed by atoms with Gasteiger partial charge in [0.15, 0.2) is 0 Å². The van der Waals surface area contributed by atoms with Gasteiger partial charge in [-0.25, -0.2) is 0 Å². The van der Waals surface area contributed by atoms with Gasteiger partial charge in [0, 0.05) is 100 Å². The Balaban J connectivity index is 0.922. The first kappa shape index (κ1) is 67.0. The van der Waals surface area contributed by atoms with E-state index in [0.29, 0.717) is 17.1 Å². The van der Waals surface area contributed by atoms with Gasteiger partial charge in [-0.1, -0.05) is 316 Å². The van der Waals surface area contributed by atoms with E-state index in [9.17, 15) is 12.3 Å². The highest BCUT2D eigenvalue weighted by Crippen LogP contribution is 2.55. The lowest BCUT2D eigenvalue weighted by Gasteiger charge is -2.46. The third-order valence-corrected chi connectivity index (χ3v) is 26.7. The molecule has 17 aromatic carbocycles. The van der Waals surface area contributed by atoms with E-state index in [2.05, 4.69) is 390 Å². The fraction of sp³-hybridized carbons (Fsp3) is 0.164. The van der Waals surface area contributed by atoms with Crippen LogP contribution in [0, 0.1) is 0 Å². The van der Waals surface area contributed by atoms with Crippen molar-refractivity contribution in [2.75, 3.05) is 14.7 Å². The lowest BCUT2D eigenvalue weighted by molar-refractivity contribution is 0.590. The van der Waals surface area contributed by atoms with Crippen LogP contribution in [0.5, 0.6) is 0 Å². The molecule has 0 unspecified atom stereocenters. The quantitative estimate of drug-likeness (QED) is 0.114. The van der Waals surface area contributed by atoms with Crippen LogP contribution in [-0.2, 0) is 27.1 Å². The van der Waals surface area contributed by atoms with Gasteiger partial charge in [-0.15, -0.1) is 0 Å². The molecule has 22 rings (SSSR count). The predicted octanol–water partition coefficient (Wildman–Crippen LogP) is 31.7. The number of anilines is 9. The lowest BCUT2D eigenvalue weighted by atomic mass is 9.33. The Labute approximate surface area is 777 Å². The zero-order chi connectivity index (χ0) is 99.8. The largest absolute Gasteiger partial charge is 0.311 e. The molecular weight excluding hydrogens is 1560 g/mol. The summed E-state index contributed by atoms with van der Waals surface area (Å²) in [5.74, 6) is 0. The molecule has 5 heterocycles. The van der Waals surface area contributed by atoms with Crippen LogP contribution in [0.15, 0.2) is 376 Å². The fourth-order valence-corrected chi connectivity index (χ4v) is 19.9. The van der Waals surface area contributed by atoms with E-state index in [1.807, 2.05) is 6.07 Å². The molecule has 0 fully saturated rings. The summed E-state index contributed by atoms with van der Waals surface area (Å²) >= 11 is 0. The summed E-state index contributed by atoms with van der Waals surface area (Å²) in [5.41, 5.74) is 26.8. The zero-order valence-electron chi connectivity index (χ0n) is 88.6. The van der Waals surface area contributed by atoms with Crippen molar-refractivity contribution in [1.29, 1.82) is 0 Å². The van der Waals surface area contributed by atoms with Gasteiger partial charge in [0.1, 0.15) is 0 Å². The van der Waals surface area contributed by atoms with Crippen molar-refractivity contribution in [3.8, 4) is 61.6 Å². The van der Waals surface area contributed by atoms with E-state index < -0.39 is 90.7 Å². The van der Waals surface area contributed by atoms with E-state index >= 15 is 0 Å². The minimum atomic E-state index is -0.633. The summed E-state index contributed by atoms with van der Waals surface area (Å²) < 4.78 is 129. The first-order valence-electron chi connectivity index (χ1n) is 51.3. The standard InChI is InChI=1S/C122H107BN6/c1-118(2,3)84-49-61-108-100(68-84)101-69-85(119(4,5)6)50-62-109(101)126(108)93-58-60-104-112(75-93)128(94-66-82(78-35-21-16-22-36-78)65-83(67-94)79-37-23-17-24-38-79)114-76-95(127-110-63-51-86(120(7,8)9)70-102(110)103-71-87(121(10,11)12)52-64-111(103)127)77-115-116(114)123(104)105-59-57-92(74-113(105)129(115)117-98(80-39-25-18-26-40-80)72-88(122(13,14)15)73-99(117)81-41-27-19-28-42-81)124(89-43-29-20-30-44-89)90-53-55-91(56-54-90)125-106-47-33-31-45-96(106)97-46-32-34-48-107(97)125/h16-77H,1-15H3/i20D,29D,30D,31D,32D,33D,34D,43D,44D,45D,46D,47D,48D. The Morgan fingerprint density at radius 3 is 1.05 bits per heavy atom. The Bertz CT molecular complexity index is 8350. The third kappa shape index (κ3) is 13.7. The summed E-state index contributed by atoms with van der Waals surface area (Å²) in [7, 11) is 0. The van der Waals surface area contributed by atoms with Crippen LogP contribution in [0.2, 0.25) is 0 Å². The van der Waals surface area contributed by atoms with Crippen molar-refractivity contribution in [3.05, 3.63) is 404 Å². The van der Waals surface area contributed by atoms with Crippen molar-refractivity contribution in [2.45, 2.75) is 131 Å². The van der Waals surface area contributed by atoms with Crippen LogP contribution < -0.4 is 31.1 Å². The number of fused-ring (bicyclic) bond motifs is 13. The highest BCUT2D eigenvalue weighted by atomic mass is 15.2. The number of para-hydroxylation sites is 3. The van der Waals surface area contributed by atoms with E-state index in [0.717, 1.165) is 150 Å². The maximum atomic E-state index is 10.3. The normalized spacial score (nSPS) is 14.4. The van der Waals surface area contributed by atoms with Crippen LogP contribution in [-0.4, -0.2) is 20.4 Å². The maximum Gasteiger partial charge on any atom is 0.252 e. The van der Waals surface area contributed by atoms with E-state index in [1.54, 1.807) is 29.2 Å². The molecule has 0 radical (unpaired) electrons. The Kier molecular flexibility index (Phi) is 15.7. The molecule has 0 N–H and O–H groups in total. The number of nitrogens with zero attached hydrogens (tertiary/aromatic N) is 6. The smallest absolute Gasteiger partial charge is 0.252 e. The molecule has 0 bridgehead atoms. The molecule has 0 saturated heterocycles. The van der Waals surface area contributed by atoms with Crippen molar-refractivity contribution in [2.24, 2.45) is 0 Å². The molecule has 0 spiro atoms. The van der Waals surface area contributed by atoms with Gasteiger partial charge < -0.3 is 28.4 Å². The highest BCUT2D eigenvalue weighted by Gasteiger charge is 2.46. The number of rotatable bonds is 12. The molecule has 3 aromatic heterocycles. The highest BCUT2D eigenvalue weighted by molar-refractivity contribution is 7.00. The number of benzene rings is 17. The second-order valence-electron chi connectivity index (χ2n) is 40.1. The number of aromatic nitrogens is 3. The summed E-state index contributed by atoms with van der Waals surface area (Å²) in [5, 5.41) is 4.31. The average molecular weight is 1680 g/mol. The lowest BCUT2D eigenvalue weighted by Crippen LogP contribution is -2.61. The molecule has 7 heteroatoms. The summed E-state index contributed by atoms with van der Waals surface area (Å²) in [6, 6.07) is 100. The summed E-state index contributed by atoms with van der Waals surface area (Å²) in [4.78, 5) is 6.72. The Morgan fingerprint density at radius 2 is 0.605 bits per heavy atom. The van der Waals surface area contributed by atoms with Gasteiger partial charge in [0.25, 0.3) is 6.71 Å².